The Hall–Kier alpha value is -4.13. The standard InChI is InChI=1S/C32H32O7/c1-19-9-8-12-21(33)11-5-3-4-10-20-17-27-30(31(35)29(20)32(36)38-19)25(18-28(34)39-27)23-15-16-26(37-2)24-14-7-6-13-22(23)24/h4,6-7,10,13-17,19,25,35H,3,5,8-9,11-12,18H2,1-2H3/t19-,25+/m0/s1. The van der Waals surface area contributed by atoms with E-state index >= 15 is 0 Å². The summed E-state index contributed by atoms with van der Waals surface area (Å²) in [7, 11) is 1.61. The van der Waals surface area contributed by atoms with Crippen LogP contribution in [-0.4, -0.2) is 36.0 Å². The van der Waals surface area contributed by atoms with E-state index < -0.39 is 24.0 Å². The van der Waals surface area contributed by atoms with Crippen molar-refractivity contribution < 1.29 is 33.7 Å². The summed E-state index contributed by atoms with van der Waals surface area (Å²) in [4.78, 5) is 38.3. The lowest BCUT2D eigenvalue weighted by Crippen LogP contribution is -2.23. The number of aromatic hydroxyl groups is 1. The molecule has 0 amide bonds. The van der Waals surface area contributed by atoms with Crippen LogP contribution in [0.5, 0.6) is 17.2 Å². The van der Waals surface area contributed by atoms with E-state index in [2.05, 4.69) is 0 Å². The van der Waals surface area contributed by atoms with E-state index in [1.807, 2.05) is 42.5 Å². The van der Waals surface area contributed by atoms with Crippen LogP contribution in [0.1, 0.15) is 84.8 Å². The summed E-state index contributed by atoms with van der Waals surface area (Å²) >= 11 is 0. The highest BCUT2D eigenvalue weighted by molar-refractivity contribution is 5.99. The zero-order valence-electron chi connectivity index (χ0n) is 22.2. The predicted octanol–water partition coefficient (Wildman–Crippen LogP) is 6.48. The normalized spacial score (nSPS) is 20.4. The number of hydrogen-bond acceptors (Lipinski definition) is 7. The molecule has 5 rings (SSSR count). The molecule has 0 unspecified atom stereocenters. The maximum Gasteiger partial charge on any atom is 0.342 e. The summed E-state index contributed by atoms with van der Waals surface area (Å²) in [5.74, 6) is -0.748. The Morgan fingerprint density at radius 2 is 1.77 bits per heavy atom. The molecule has 0 aromatic heterocycles. The fourth-order valence-corrected chi connectivity index (χ4v) is 5.56. The molecule has 2 aliphatic rings. The number of esters is 2. The smallest absolute Gasteiger partial charge is 0.342 e. The molecule has 3 aromatic rings. The van der Waals surface area contributed by atoms with Gasteiger partial charge in [-0.05, 0) is 61.3 Å². The topological polar surface area (TPSA) is 99.1 Å². The third kappa shape index (κ3) is 5.39. The monoisotopic (exact) mass is 528 g/mol. The minimum atomic E-state index is -0.652. The minimum absolute atomic E-state index is 0.00495. The van der Waals surface area contributed by atoms with Crippen LogP contribution in [0, 0.1) is 0 Å². The first kappa shape index (κ1) is 26.5. The molecule has 0 bridgehead atoms. The lowest BCUT2D eigenvalue weighted by molar-refractivity contribution is -0.135. The van der Waals surface area contributed by atoms with Crippen molar-refractivity contribution in [1.29, 1.82) is 0 Å². The number of Topliss-reactive ketones (excluding diaryl/α,β-unsaturated/α-hetero) is 1. The molecule has 0 radical (unpaired) electrons. The van der Waals surface area contributed by atoms with Crippen LogP contribution in [0.4, 0.5) is 0 Å². The first-order valence-electron chi connectivity index (χ1n) is 13.4. The molecule has 3 aromatic carbocycles. The largest absolute Gasteiger partial charge is 0.507 e. The molecular formula is C32H32O7. The molecule has 2 atom stereocenters. The lowest BCUT2D eigenvalue weighted by atomic mass is 9.81. The summed E-state index contributed by atoms with van der Waals surface area (Å²) < 4.78 is 16.9. The third-order valence-corrected chi connectivity index (χ3v) is 7.49. The Balaban J connectivity index is 1.66. The van der Waals surface area contributed by atoms with Crippen molar-refractivity contribution in [3.63, 3.8) is 0 Å². The van der Waals surface area contributed by atoms with Gasteiger partial charge in [-0.1, -0.05) is 42.5 Å². The second-order valence-corrected chi connectivity index (χ2v) is 10.2. The molecule has 202 valence electrons. The highest BCUT2D eigenvalue weighted by Gasteiger charge is 2.36. The van der Waals surface area contributed by atoms with Crippen LogP contribution in [0.15, 0.2) is 48.5 Å². The molecule has 2 aliphatic heterocycles. The summed E-state index contributed by atoms with van der Waals surface area (Å²) in [5, 5.41) is 13.4. The Bertz CT molecular complexity index is 1470. The van der Waals surface area contributed by atoms with Crippen LogP contribution in [0.25, 0.3) is 16.8 Å². The molecule has 1 N–H and O–H groups in total. The number of allylic oxidation sites excluding steroid dienone is 1. The number of phenolic OH excluding ortho intramolecular Hbond substituents is 1. The van der Waals surface area contributed by atoms with Gasteiger partial charge in [-0.2, -0.15) is 0 Å². The molecular weight excluding hydrogens is 496 g/mol. The van der Waals surface area contributed by atoms with E-state index in [0.29, 0.717) is 55.4 Å². The van der Waals surface area contributed by atoms with Gasteiger partial charge in [0.15, 0.2) is 0 Å². The van der Waals surface area contributed by atoms with Crippen molar-refractivity contribution in [2.45, 2.75) is 63.9 Å². The molecule has 0 spiro atoms. The molecule has 7 nitrogen and oxygen atoms in total. The molecule has 0 fully saturated rings. The fraction of sp³-hybridized carbons (Fsp3) is 0.344. The van der Waals surface area contributed by atoms with E-state index in [1.54, 1.807) is 26.2 Å². The quantitative estimate of drug-likeness (QED) is 0.300. The number of hydrogen-bond donors (Lipinski definition) is 1. The lowest BCUT2D eigenvalue weighted by Gasteiger charge is -2.28. The number of benzene rings is 3. The average Bonchev–Trinajstić information content (AvgIpc) is 2.91. The maximum atomic E-state index is 13.5. The van der Waals surface area contributed by atoms with E-state index in [9.17, 15) is 19.5 Å². The number of ether oxygens (including phenoxy) is 3. The zero-order chi connectivity index (χ0) is 27.5. The van der Waals surface area contributed by atoms with Crippen LogP contribution in [-0.2, 0) is 14.3 Å². The van der Waals surface area contributed by atoms with Gasteiger partial charge in [-0.25, -0.2) is 4.79 Å². The van der Waals surface area contributed by atoms with Crippen molar-refractivity contribution in [1.82, 2.24) is 0 Å². The van der Waals surface area contributed by atoms with E-state index in [1.165, 1.54) is 0 Å². The number of cyclic esters (lactones) is 1. The van der Waals surface area contributed by atoms with Gasteiger partial charge in [0.2, 0.25) is 0 Å². The van der Waals surface area contributed by atoms with Gasteiger partial charge in [0.1, 0.15) is 28.6 Å². The molecule has 7 heteroatoms. The summed E-state index contributed by atoms with van der Waals surface area (Å²) in [5.41, 5.74) is 1.65. The van der Waals surface area contributed by atoms with Crippen molar-refractivity contribution in [3.05, 3.63) is 70.8 Å². The number of carbonyl (C=O) groups excluding carboxylic acids is 3. The molecule has 0 saturated carbocycles. The fourth-order valence-electron chi connectivity index (χ4n) is 5.56. The van der Waals surface area contributed by atoms with Crippen molar-refractivity contribution in [2.75, 3.05) is 7.11 Å². The SMILES string of the molecule is COc1ccc([C@H]2CC(=O)Oc3cc4c(c(O)c32)C(=O)O[C@@H](C)CCCC(=O)CCCC=C4)c2ccccc12. The number of phenols is 1. The van der Waals surface area contributed by atoms with Crippen LogP contribution >= 0.6 is 0 Å². The van der Waals surface area contributed by atoms with E-state index in [0.717, 1.165) is 16.3 Å². The van der Waals surface area contributed by atoms with Gasteiger partial charge in [0.05, 0.1) is 19.6 Å². The van der Waals surface area contributed by atoms with Gasteiger partial charge in [0, 0.05) is 29.7 Å². The van der Waals surface area contributed by atoms with Crippen molar-refractivity contribution >= 4 is 34.6 Å². The highest BCUT2D eigenvalue weighted by atomic mass is 16.5. The molecule has 2 heterocycles. The summed E-state index contributed by atoms with van der Waals surface area (Å²) in [6.45, 7) is 1.79. The second-order valence-electron chi connectivity index (χ2n) is 10.2. The van der Waals surface area contributed by atoms with E-state index in [-0.39, 0.29) is 29.3 Å². The predicted molar refractivity (Wildman–Crippen MR) is 147 cm³/mol. The Morgan fingerprint density at radius 3 is 2.56 bits per heavy atom. The highest BCUT2D eigenvalue weighted by Crippen LogP contribution is 2.49. The Kier molecular flexibility index (Phi) is 7.68. The van der Waals surface area contributed by atoms with Crippen LogP contribution in [0.3, 0.4) is 0 Å². The Labute approximate surface area is 227 Å². The first-order chi connectivity index (χ1) is 18.9. The third-order valence-electron chi connectivity index (χ3n) is 7.49. The van der Waals surface area contributed by atoms with Gasteiger partial charge in [0.25, 0.3) is 0 Å². The molecule has 0 aliphatic carbocycles. The number of methoxy groups -OCH3 is 1. The van der Waals surface area contributed by atoms with Gasteiger partial charge >= 0.3 is 11.9 Å². The van der Waals surface area contributed by atoms with Gasteiger partial charge in [-0.3, -0.25) is 9.59 Å². The molecule has 39 heavy (non-hydrogen) atoms. The van der Waals surface area contributed by atoms with Gasteiger partial charge < -0.3 is 19.3 Å². The Morgan fingerprint density at radius 1 is 1.00 bits per heavy atom. The zero-order valence-corrected chi connectivity index (χ0v) is 22.2. The number of rotatable bonds is 2. The van der Waals surface area contributed by atoms with Crippen LogP contribution in [0.2, 0.25) is 0 Å². The average molecular weight is 529 g/mol. The summed E-state index contributed by atoms with van der Waals surface area (Å²) in [6.07, 6.45) is 6.63. The number of fused-ring (bicyclic) bond motifs is 3. The minimum Gasteiger partial charge on any atom is -0.507 e. The molecule has 0 saturated heterocycles. The number of ketones is 1. The maximum absolute atomic E-state index is 13.5. The van der Waals surface area contributed by atoms with Crippen molar-refractivity contribution in [2.24, 2.45) is 0 Å². The number of carbonyl (C=O) groups is 3. The van der Waals surface area contributed by atoms with Gasteiger partial charge in [-0.15, -0.1) is 0 Å². The second kappa shape index (κ2) is 11.3. The summed E-state index contributed by atoms with van der Waals surface area (Å²) in [6, 6.07) is 13.1. The first-order valence-corrected chi connectivity index (χ1v) is 13.4. The van der Waals surface area contributed by atoms with Crippen molar-refractivity contribution in [3.8, 4) is 17.2 Å². The van der Waals surface area contributed by atoms with E-state index in [4.69, 9.17) is 14.2 Å². The van der Waals surface area contributed by atoms with Crippen LogP contribution < -0.4 is 9.47 Å².